The minimum Gasteiger partial charge on any atom is -1.00 e. The molecule has 0 aromatic heterocycles. The van der Waals surface area contributed by atoms with Crippen molar-refractivity contribution in [3.05, 3.63) is 24.0 Å². The normalized spacial score (nSPS) is 8.60. The number of nitrogens with two attached hydrogens (primary N) is 1. The smallest absolute Gasteiger partial charge is 1.00 e. The maximum absolute atomic E-state index is 12.2. The second-order valence-electron chi connectivity index (χ2n) is 1.70. The Morgan fingerprint density at radius 1 is 1.50 bits per heavy atom. The predicted octanol–water partition coefficient (Wildman–Crippen LogP) is -1.19. The molecule has 4 heteroatoms. The summed E-state index contributed by atoms with van der Waals surface area (Å²) in [6.07, 6.45) is 0. The van der Waals surface area contributed by atoms with Crippen LogP contribution < -0.4 is 57.1 Å². The Hall–Kier alpha value is 0.936. The molecule has 0 saturated carbocycles. The van der Waals surface area contributed by atoms with Crippen LogP contribution in [0.25, 0.3) is 0 Å². The average molecular weight is 183 g/mol. The maximum Gasteiger partial charge on any atom is 1.00 e. The molecule has 1 aromatic rings. The van der Waals surface area contributed by atoms with Gasteiger partial charge in [0.15, 0.2) is 0 Å². The summed E-state index contributed by atoms with van der Waals surface area (Å²) in [5.41, 5.74) is 5.85. The third kappa shape index (κ3) is 2.90. The molecule has 1 aromatic carbocycles. The molecule has 0 aliphatic heterocycles. The van der Waals surface area contributed by atoms with E-state index in [1.165, 1.54) is 18.2 Å². The molecule has 0 fully saturated rings. The molecule has 0 unspecified atom stereocenters. The largest absolute Gasteiger partial charge is 1.00 e. The zero-order valence-corrected chi connectivity index (χ0v) is 9.65. The van der Waals surface area contributed by atoms with Crippen molar-refractivity contribution in [1.29, 1.82) is 0 Å². The Kier molecular flexibility index (Phi) is 5.19. The van der Waals surface area contributed by atoms with E-state index >= 15 is 0 Å². The van der Waals surface area contributed by atoms with Gasteiger partial charge in [-0.2, -0.15) is 0 Å². The molecule has 1 rings (SSSR count). The number of hydrogen-bond acceptors (Lipinski definition) is 2. The number of hydrogen-bond donors (Lipinski definition) is 2. The van der Waals surface area contributed by atoms with Crippen molar-refractivity contribution in [2.45, 2.75) is 4.90 Å². The molecule has 0 amide bonds. The first kappa shape index (κ1) is 10.9. The quantitative estimate of drug-likeness (QED) is 0.295. The van der Waals surface area contributed by atoms with E-state index in [0.717, 1.165) is 0 Å². The molecular weight excluding hydrogens is 176 g/mol. The number of rotatable bonds is 0. The Bertz CT molecular complexity index is 234. The summed E-state index contributed by atoms with van der Waals surface area (Å²) in [6, 6.07) is 4.06. The first-order valence-corrected chi connectivity index (χ1v) is 2.89. The fraction of sp³-hybridized carbons (Fsp3) is 0. The van der Waals surface area contributed by atoms with E-state index < -0.39 is 0 Å². The van der Waals surface area contributed by atoms with Crippen molar-refractivity contribution in [3.8, 4) is 0 Å². The first-order chi connectivity index (χ1) is 4.20. The van der Waals surface area contributed by atoms with Crippen LogP contribution in [0.4, 0.5) is 10.1 Å². The van der Waals surface area contributed by atoms with E-state index in [-0.39, 0.29) is 58.6 Å². The van der Waals surface area contributed by atoms with Crippen molar-refractivity contribution in [2.75, 3.05) is 5.73 Å². The number of thiol groups is 1. The van der Waals surface area contributed by atoms with Crippen LogP contribution in [-0.2, 0) is 0 Å². The van der Waals surface area contributed by atoms with Crippen LogP contribution >= 0.6 is 12.6 Å². The van der Waals surface area contributed by atoms with Gasteiger partial charge in [0.05, 0.1) is 0 Å². The topological polar surface area (TPSA) is 26.0 Å². The van der Waals surface area contributed by atoms with Crippen molar-refractivity contribution in [3.63, 3.8) is 0 Å². The molecular formula is C6H7FKNS. The van der Waals surface area contributed by atoms with E-state index in [0.29, 0.717) is 10.6 Å². The standard InChI is InChI=1S/C6H6FNS.K.H/c7-4-1-2-5(8)6(9)3-4;;/h1-3,9H,8H2;;/q;+1;-1. The van der Waals surface area contributed by atoms with E-state index in [2.05, 4.69) is 12.6 Å². The van der Waals surface area contributed by atoms with Crippen molar-refractivity contribution < 1.29 is 57.2 Å². The third-order valence-corrected chi connectivity index (χ3v) is 1.38. The summed E-state index contributed by atoms with van der Waals surface area (Å²) in [5.74, 6) is -0.311. The predicted molar refractivity (Wildman–Crippen MR) is 39.2 cm³/mol. The molecule has 0 saturated heterocycles. The van der Waals surface area contributed by atoms with E-state index in [4.69, 9.17) is 5.73 Å². The van der Waals surface area contributed by atoms with E-state index in [1.54, 1.807) is 0 Å². The minimum absolute atomic E-state index is 0. The number of anilines is 1. The molecule has 0 aliphatic rings. The van der Waals surface area contributed by atoms with Crippen molar-refractivity contribution in [1.82, 2.24) is 0 Å². The Morgan fingerprint density at radius 3 is 2.50 bits per heavy atom. The van der Waals surface area contributed by atoms with Gasteiger partial charge in [0.25, 0.3) is 0 Å². The second kappa shape index (κ2) is 4.74. The molecule has 50 valence electrons. The van der Waals surface area contributed by atoms with Gasteiger partial charge >= 0.3 is 51.4 Å². The molecule has 2 N–H and O–H groups in total. The maximum atomic E-state index is 12.2. The van der Waals surface area contributed by atoms with E-state index in [1.807, 2.05) is 0 Å². The van der Waals surface area contributed by atoms with Gasteiger partial charge in [0.1, 0.15) is 5.82 Å². The van der Waals surface area contributed by atoms with Gasteiger partial charge < -0.3 is 7.16 Å². The second-order valence-corrected chi connectivity index (χ2v) is 2.18. The molecule has 0 aliphatic carbocycles. The fourth-order valence-corrected chi connectivity index (χ4v) is 0.715. The van der Waals surface area contributed by atoms with Gasteiger partial charge in [-0.1, -0.05) is 0 Å². The van der Waals surface area contributed by atoms with Crippen LogP contribution in [0.3, 0.4) is 0 Å². The van der Waals surface area contributed by atoms with Crippen LogP contribution in [0, 0.1) is 5.82 Å². The molecule has 0 radical (unpaired) electrons. The van der Waals surface area contributed by atoms with E-state index in [9.17, 15) is 4.39 Å². The molecule has 0 atom stereocenters. The molecule has 0 spiro atoms. The number of benzene rings is 1. The minimum atomic E-state index is -0.311. The Morgan fingerprint density at radius 2 is 2.10 bits per heavy atom. The summed E-state index contributed by atoms with van der Waals surface area (Å²) < 4.78 is 12.2. The zero-order chi connectivity index (χ0) is 6.85. The molecule has 0 bridgehead atoms. The first-order valence-electron chi connectivity index (χ1n) is 2.44. The van der Waals surface area contributed by atoms with Gasteiger partial charge in [0, 0.05) is 10.6 Å². The fourth-order valence-electron chi connectivity index (χ4n) is 0.517. The zero-order valence-electron chi connectivity index (χ0n) is 6.63. The number of nitrogen functional groups attached to an aromatic ring is 1. The summed E-state index contributed by atoms with van der Waals surface area (Å²) in [4.78, 5) is 0.481. The Balaban J connectivity index is 0. The third-order valence-electron chi connectivity index (χ3n) is 0.992. The SMILES string of the molecule is Nc1ccc(F)cc1S.[H-].[K+]. The molecule has 1 nitrogen and oxygen atoms in total. The van der Waals surface area contributed by atoms with Crippen molar-refractivity contribution in [2.24, 2.45) is 0 Å². The van der Waals surface area contributed by atoms with Gasteiger partial charge in [-0.05, 0) is 18.2 Å². The monoisotopic (exact) mass is 183 g/mol. The summed E-state index contributed by atoms with van der Waals surface area (Å²) in [5, 5.41) is 0. The van der Waals surface area contributed by atoms with Gasteiger partial charge in [-0.15, -0.1) is 12.6 Å². The van der Waals surface area contributed by atoms with Gasteiger partial charge in [-0.3, -0.25) is 0 Å². The number of halogens is 1. The van der Waals surface area contributed by atoms with Crippen LogP contribution in [-0.4, -0.2) is 0 Å². The van der Waals surface area contributed by atoms with Crippen molar-refractivity contribution >= 4 is 18.3 Å². The van der Waals surface area contributed by atoms with Crippen LogP contribution in [0.2, 0.25) is 0 Å². The van der Waals surface area contributed by atoms with Crippen LogP contribution in [0.5, 0.6) is 0 Å². The summed E-state index contributed by atoms with van der Waals surface area (Å²) in [7, 11) is 0. The molecule has 10 heavy (non-hydrogen) atoms. The average Bonchev–Trinajstić information content (AvgIpc) is 1.80. The Labute approximate surface area is 108 Å². The van der Waals surface area contributed by atoms with Gasteiger partial charge in [-0.25, -0.2) is 4.39 Å². The van der Waals surface area contributed by atoms with Crippen LogP contribution in [0.15, 0.2) is 23.1 Å². The molecule has 0 heterocycles. The summed E-state index contributed by atoms with van der Waals surface area (Å²) >= 11 is 3.90. The van der Waals surface area contributed by atoms with Crippen LogP contribution in [0.1, 0.15) is 1.43 Å². The summed E-state index contributed by atoms with van der Waals surface area (Å²) in [6.45, 7) is 0. The van der Waals surface area contributed by atoms with Gasteiger partial charge in [0.2, 0.25) is 0 Å².